The Hall–Kier alpha value is -4.29. The van der Waals surface area contributed by atoms with E-state index in [1.165, 1.54) is 30.1 Å². The van der Waals surface area contributed by atoms with Crippen LogP contribution in [-0.2, 0) is 19.1 Å². The number of allylic oxidation sites excluding steroid dienone is 1. The molecule has 0 saturated heterocycles. The van der Waals surface area contributed by atoms with Crippen molar-refractivity contribution >= 4 is 41.0 Å². The van der Waals surface area contributed by atoms with Crippen molar-refractivity contribution in [3.8, 4) is 23.0 Å². The van der Waals surface area contributed by atoms with Crippen LogP contribution >= 0.6 is 22.9 Å². The average molecular weight is 645 g/mol. The molecule has 0 aliphatic carbocycles. The van der Waals surface area contributed by atoms with Crippen LogP contribution in [0.15, 0.2) is 51.4 Å². The van der Waals surface area contributed by atoms with Gasteiger partial charge in [0.05, 0.1) is 60.9 Å². The van der Waals surface area contributed by atoms with Gasteiger partial charge in [0.1, 0.15) is 0 Å². The maximum Gasteiger partial charge on any atom is 0.343 e. The second-order valence-corrected chi connectivity index (χ2v) is 10.7. The normalized spacial score (nSPS) is 14.4. The Morgan fingerprint density at radius 1 is 1.00 bits per heavy atom. The molecule has 234 valence electrons. The van der Waals surface area contributed by atoms with Gasteiger partial charge in [-0.3, -0.25) is 9.36 Å². The highest BCUT2D eigenvalue weighted by Crippen LogP contribution is 2.38. The van der Waals surface area contributed by atoms with Crippen LogP contribution in [0.25, 0.3) is 6.08 Å². The van der Waals surface area contributed by atoms with Gasteiger partial charge in [0.15, 0.2) is 34.4 Å². The summed E-state index contributed by atoms with van der Waals surface area (Å²) in [5, 5.41) is 0.328. The number of aromatic nitrogens is 1. The summed E-state index contributed by atoms with van der Waals surface area (Å²) >= 11 is 7.63. The molecule has 2 aromatic carbocycles. The van der Waals surface area contributed by atoms with E-state index in [0.717, 1.165) is 0 Å². The third-order valence-electron chi connectivity index (χ3n) is 6.51. The number of ether oxygens (including phenoxy) is 6. The van der Waals surface area contributed by atoms with Gasteiger partial charge in [0.2, 0.25) is 0 Å². The molecule has 0 spiro atoms. The molecule has 0 unspecified atom stereocenters. The summed E-state index contributed by atoms with van der Waals surface area (Å²) in [5.74, 6) is 0.306. The highest BCUT2D eigenvalue weighted by molar-refractivity contribution is 7.07. The number of hydrogen-bond donors (Lipinski definition) is 0. The maximum atomic E-state index is 14.1. The summed E-state index contributed by atoms with van der Waals surface area (Å²) < 4.78 is 34.4. The Balaban J connectivity index is 1.91. The molecule has 0 amide bonds. The topological polar surface area (TPSA) is 124 Å². The van der Waals surface area contributed by atoms with Crippen molar-refractivity contribution < 1.29 is 38.0 Å². The van der Waals surface area contributed by atoms with E-state index in [9.17, 15) is 14.4 Å². The van der Waals surface area contributed by atoms with E-state index in [1.807, 2.05) is 6.92 Å². The van der Waals surface area contributed by atoms with Crippen molar-refractivity contribution in [1.29, 1.82) is 0 Å². The molecule has 0 fully saturated rings. The van der Waals surface area contributed by atoms with Crippen LogP contribution in [0.4, 0.5) is 0 Å². The Bertz CT molecular complexity index is 1780. The number of methoxy groups -OCH3 is 2. The van der Waals surface area contributed by atoms with Gasteiger partial charge in [-0.05, 0) is 69.2 Å². The van der Waals surface area contributed by atoms with E-state index in [-0.39, 0.29) is 24.3 Å². The van der Waals surface area contributed by atoms with E-state index >= 15 is 0 Å². The molecule has 2 heterocycles. The third kappa shape index (κ3) is 6.76. The van der Waals surface area contributed by atoms with Gasteiger partial charge in [-0.25, -0.2) is 14.6 Å². The largest absolute Gasteiger partial charge is 0.491 e. The number of benzene rings is 2. The minimum Gasteiger partial charge on any atom is -0.491 e. The summed E-state index contributed by atoms with van der Waals surface area (Å²) in [7, 11) is 2.76. The number of hydrogen-bond acceptors (Lipinski definition) is 11. The van der Waals surface area contributed by atoms with Gasteiger partial charge in [-0.1, -0.05) is 29.0 Å². The predicted molar refractivity (Wildman–Crippen MR) is 165 cm³/mol. The maximum absolute atomic E-state index is 14.1. The van der Waals surface area contributed by atoms with Gasteiger partial charge in [0, 0.05) is 0 Å². The van der Waals surface area contributed by atoms with Crippen LogP contribution in [0, 0.1) is 0 Å². The van der Waals surface area contributed by atoms with E-state index in [4.69, 9.17) is 35.3 Å². The molecule has 1 aromatic heterocycles. The first-order chi connectivity index (χ1) is 21.2. The van der Waals surface area contributed by atoms with E-state index in [0.29, 0.717) is 67.4 Å². The zero-order chi connectivity index (χ0) is 32.0. The third-order valence-corrected chi connectivity index (χ3v) is 7.77. The standard InChI is InChI=1S/C31H33ClN2O9S/c1-7-40-22-15-19(10-11-21(22)43-16-25(35)38-5)27-26(30(37)42-9-3)17(4)33-31-34(27)29(36)24(44-31)14-18-12-20(32)28(39-6)23(13-18)41-8-2/h10-15,27H,7-9,16H2,1-6H3/b24-14-/t27-/m0/s1. The Morgan fingerprint density at radius 3 is 2.39 bits per heavy atom. The summed E-state index contributed by atoms with van der Waals surface area (Å²) in [5.41, 5.74) is 1.42. The first-order valence-corrected chi connectivity index (χ1v) is 15.0. The lowest BCUT2D eigenvalue weighted by atomic mass is 9.95. The van der Waals surface area contributed by atoms with E-state index < -0.39 is 18.0 Å². The van der Waals surface area contributed by atoms with Crippen molar-refractivity contribution in [1.82, 2.24) is 4.57 Å². The van der Waals surface area contributed by atoms with Crippen LogP contribution in [0.5, 0.6) is 23.0 Å². The van der Waals surface area contributed by atoms with Crippen molar-refractivity contribution in [3.63, 3.8) is 0 Å². The Kier molecular flexibility index (Phi) is 10.7. The first-order valence-electron chi connectivity index (χ1n) is 13.8. The van der Waals surface area contributed by atoms with Crippen LogP contribution in [0.2, 0.25) is 5.02 Å². The van der Waals surface area contributed by atoms with Crippen LogP contribution in [0.3, 0.4) is 0 Å². The number of fused-ring (bicyclic) bond motifs is 1. The van der Waals surface area contributed by atoms with E-state index in [1.54, 1.807) is 57.2 Å². The SMILES string of the molecule is CCOC(=O)C1=C(C)N=c2s/c(=C\c3cc(Cl)c(OC)c(OCC)c3)c(=O)n2[C@H]1c1ccc(OCC(=O)OC)c(OCC)c1. The van der Waals surface area contributed by atoms with Crippen LogP contribution in [-0.4, -0.2) is 57.2 Å². The lowest BCUT2D eigenvalue weighted by molar-refractivity contribution is -0.143. The fourth-order valence-corrected chi connectivity index (χ4v) is 6.01. The van der Waals surface area contributed by atoms with E-state index in [2.05, 4.69) is 9.73 Å². The number of thiazole rings is 1. The molecule has 0 N–H and O–H groups in total. The number of rotatable bonds is 12. The number of carbonyl (C=O) groups excluding carboxylic acids is 2. The first kappa shape index (κ1) is 32.6. The average Bonchev–Trinajstić information content (AvgIpc) is 3.29. The minimum atomic E-state index is -0.889. The van der Waals surface area contributed by atoms with Crippen molar-refractivity contribution in [3.05, 3.63) is 77.4 Å². The fraction of sp³-hybridized carbons (Fsp3) is 0.355. The lowest BCUT2D eigenvalue weighted by Crippen LogP contribution is -2.40. The Morgan fingerprint density at radius 2 is 1.73 bits per heavy atom. The van der Waals surface area contributed by atoms with Gasteiger partial charge in [0.25, 0.3) is 5.56 Å². The predicted octanol–water partition coefficient (Wildman–Crippen LogP) is 3.81. The highest BCUT2D eigenvalue weighted by atomic mass is 35.5. The smallest absolute Gasteiger partial charge is 0.343 e. The minimum absolute atomic E-state index is 0.137. The number of carbonyl (C=O) groups is 2. The molecule has 1 atom stereocenters. The lowest BCUT2D eigenvalue weighted by Gasteiger charge is -2.25. The van der Waals surface area contributed by atoms with Crippen LogP contribution < -0.4 is 33.8 Å². The van der Waals surface area contributed by atoms with Crippen molar-refractivity contribution in [2.75, 3.05) is 40.6 Å². The zero-order valence-electron chi connectivity index (χ0n) is 25.2. The van der Waals surface area contributed by atoms with Gasteiger partial charge < -0.3 is 28.4 Å². The molecule has 0 saturated carbocycles. The summed E-state index contributed by atoms with van der Waals surface area (Å²) in [6, 6.07) is 7.52. The Labute approximate surface area is 262 Å². The van der Waals surface area contributed by atoms with Crippen LogP contribution in [0.1, 0.15) is 44.9 Å². The zero-order valence-corrected chi connectivity index (χ0v) is 26.8. The van der Waals surface area contributed by atoms with Gasteiger partial charge >= 0.3 is 11.9 Å². The van der Waals surface area contributed by atoms with Gasteiger partial charge in [-0.15, -0.1) is 0 Å². The second kappa shape index (κ2) is 14.5. The molecule has 1 aliphatic heterocycles. The monoisotopic (exact) mass is 644 g/mol. The quantitative estimate of drug-likeness (QED) is 0.271. The molecule has 1 aliphatic rings. The molecule has 11 nitrogen and oxygen atoms in total. The summed E-state index contributed by atoms with van der Waals surface area (Å²) in [6.45, 7) is 7.56. The number of nitrogens with zero attached hydrogens (tertiary/aromatic N) is 2. The molecular weight excluding hydrogens is 612 g/mol. The fourth-order valence-electron chi connectivity index (χ4n) is 4.67. The molecular formula is C31H33ClN2O9S. The molecule has 0 radical (unpaired) electrons. The second-order valence-electron chi connectivity index (χ2n) is 9.27. The molecule has 4 rings (SSSR count). The molecule has 44 heavy (non-hydrogen) atoms. The molecule has 13 heteroatoms. The summed E-state index contributed by atoms with van der Waals surface area (Å²) in [6.07, 6.45) is 1.69. The van der Waals surface area contributed by atoms with Crippen molar-refractivity contribution in [2.24, 2.45) is 4.99 Å². The molecule has 3 aromatic rings. The molecule has 0 bridgehead atoms. The number of esters is 2. The number of halogens is 1. The van der Waals surface area contributed by atoms with Crippen molar-refractivity contribution in [2.45, 2.75) is 33.7 Å². The summed E-state index contributed by atoms with van der Waals surface area (Å²) in [4.78, 5) is 44.0. The van der Waals surface area contributed by atoms with Gasteiger partial charge in [-0.2, -0.15) is 0 Å². The highest BCUT2D eigenvalue weighted by Gasteiger charge is 2.34.